The number of nitrogens with one attached hydrogen (secondary N) is 1. The molecule has 1 amide bonds. The maximum Gasteiger partial charge on any atom is 0.248 e. The Morgan fingerprint density at radius 2 is 2.17 bits per heavy atom. The van der Waals surface area contributed by atoms with Crippen molar-refractivity contribution in [2.45, 2.75) is 32.7 Å². The number of ether oxygens (including phenoxy) is 1. The summed E-state index contributed by atoms with van der Waals surface area (Å²) in [6, 6.07) is 5.54. The fourth-order valence-electron chi connectivity index (χ4n) is 2.01. The van der Waals surface area contributed by atoms with E-state index in [1.165, 1.54) is 12.8 Å². The number of carbonyl (C=O) groups excluding carboxylic acids is 1. The highest BCUT2D eigenvalue weighted by atomic mass is 16.5. The third-order valence-electron chi connectivity index (χ3n) is 3.94. The molecule has 1 aliphatic carbocycles. The number of anilines is 1. The highest BCUT2D eigenvalue weighted by Gasteiger charge is 2.42. The van der Waals surface area contributed by atoms with Crippen LogP contribution in [0.1, 0.15) is 37.0 Å². The highest BCUT2D eigenvalue weighted by Crippen LogP contribution is 2.49. The molecule has 4 heteroatoms. The summed E-state index contributed by atoms with van der Waals surface area (Å²) in [4.78, 5) is 11.2. The Labute approximate surface area is 108 Å². The Hall–Kier alpha value is -1.71. The van der Waals surface area contributed by atoms with Crippen LogP contribution in [0.2, 0.25) is 0 Å². The quantitative estimate of drug-likeness (QED) is 0.841. The molecule has 1 aromatic rings. The van der Waals surface area contributed by atoms with Crippen molar-refractivity contribution in [1.29, 1.82) is 0 Å². The van der Waals surface area contributed by atoms with Gasteiger partial charge in [0.05, 0.1) is 12.8 Å². The van der Waals surface area contributed by atoms with E-state index in [-0.39, 0.29) is 0 Å². The first-order valence-corrected chi connectivity index (χ1v) is 6.21. The van der Waals surface area contributed by atoms with E-state index in [4.69, 9.17) is 10.5 Å². The van der Waals surface area contributed by atoms with Gasteiger partial charge in [0.2, 0.25) is 5.91 Å². The third-order valence-corrected chi connectivity index (χ3v) is 3.94. The van der Waals surface area contributed by atoms with Crippen LogP contribution in [0.3, 0.4) is 0 Å². The van der Waals surface area contributed by atoms with Crippen molar-refractivity contribution in [3.8, 4) is 5.75 Å². The molecule has 1 fully saturated rings. The smallest absolute Gasteiger partial charge is 0.248 e. The number of methoxy groups -OCH3 is 1. The molecule has 2 rings (SSSR count). The van der Waals surface area contributed by atoms with E-state index in [9.17, 15) is 4.79 Å². The first-order valence-electron chi connectivity index (χ1n) is 6.21. The molecule has 1 unspecified atom stereocenters. The molecular weight excluding hydrogens is 228 g/mol. The summed E-state index contributed by atoms with van der Waals surface area (Å²) in [7, 11) is 1.62. The van der Waals surface area contributed by atoms with Crippen molar-refractivity contribution < 1.29 is 9.53 Å². The first-order chi connectivity index (χ1) is 8.46. The number of hydrogen-bond donors (Lipinski definition) is 2. The number of amides is 1. The van der Waals surface area contributed by atoms with Gasteiger partial charge < -0.3 is 15.8 Å². The van der Waals surface area contributed by atoms with Gasteiger partial charge in [-0.2, -0.15) is 0 Å². The molecule has 0 radical (unpaired) electrons. The number of carbonyl (C=O) groups is 1. The van der Waals surface area contributed by atoms with Crippen molar-refractivity contribution in [2.75, 3.05) is 12.4 Å². The van der Waals surface area contributed by atoms with Crippen LogP contribution in [0.15, 0.2) is 18.2 Å². The number of primary amides is 1. The second-order valence-electron chi connectivity index (χ2n) is 5.30. The molecule has 1 aliphatic rings. The fraction of sp³-hybridized carbons (Fsp3) is 0.500. The zero-order chi connectivity index (χ0) is 13.3. The van der Waals surface area contributed by atoms with Crippen molar-refractivity contribution in [3.63, 3.8) is 0 Å². The van der Waals surface area contributed by atoms with E-state index in [0.29, 0.717) is 17.0 Å². The van der Waals surface area contributed by atoms with Crippen LogP contribution in [0.4, 0.5) is 5.69 Å². The summed E-state index contributed by atoms with van der Waals surface area (Å²) < 4.78 is 5.30. The van der Waals surface area contributed by atoms with Crippen molar-refractivity contribution in [3.05, 3.63) is 23.8 Å². The standard InChI is InChI=1S/C14H20N2O2/c1-9(14(2)6-7-14)16-11-8-10(13(15)17)4-5-12(11)18-3/h4-5,8-9,16H,6-7H2,1-3H3,(H2,15,17). The molecule has 0 bridgehead atoms. The Balaban J connectivity index is 2.23. The van der Waals surface area contributed by atoms with Gasteiger partial charge in [-0.15, -0.1) is 0 Å². The predicted octanol–water partition coefficient (Wildman–Crippen LogP) is 2.39. The summed E-state index contributed by atoms with van der Waals surface area (Å²) in [6.45, 7) is 4.42. The molecular formula is C14H20N2O2. The minimum atomic E-state index is -0.425. The lowest BCUT2D eigenvalue weighted by atomic mass is 10.0. The average Bonchev–Trinajstić information content (AvgIpc) is 3.08. The van der Waals surface area contributed by atoms with Gasteiger partial charge in [0, 0.05) is 11.6 Å². The van der Waals surface area contributed by atoms with Crippen molar-refractivity contribution in [1.82, 2.24) is 0 Å². The van der Waals surface area contributed by atoms with Crippen LogP contribution in [0, 0.1) is 5.41 Å². The van der Waals surface area contributed by atoms with Crippen molar-refractivity contribution >= 4 is 11.6 Å². The normalized spacial score (nSPS) is 17.9. The molecule has 18 heavy (non-hydrogen) atoms. The van der Waals surface area contributed by atoms with E-state index >= 15 is 0 Å². The van der Waals surface area contributed by atoms with Crippen LogP contribution in [-0.2, 0) is 0 Å². The van der Waals surface area contributed by atoms with Gasteiger partial charge in [0.25, 0.3) is 0 Å². The highest BCUT2D eigenvalue weighted by molar-refractivity contribution is 5.94. The summed E-state index contributed by atoms with van der Waals surface area (Å²) in [5, 5.41) is 3.43. The van der Waals surface area contributed by atoms with Crippen LogP contribution in [-0.4, -0.2) is 19.1 Å². The van der Waals surface area contributed by atoms with E-state index in [1.54, 1.807) is 25.3 Å². The lowest BCUT2D eigenvalue weighted by Crippen LogP contribution is -2.25. The van der Waals surface area contributed by atoms with E-state index in [1.807, 2.05) is 0 Å². The Kier molecular flexibility index (Phi) is 3.20. The molecule has 0 aliphatic heterocycles. The molecule has 1 atom stereocenters. The Morgan fingerprint density at radius 1 is 1.50 bits per heavy atom. The Morgan fingerprint density at radius 3 is 2.67 bits per heavy atom. The molecule has 1 aromatic carbocycles. The lowest BCUT2D eigenvalue weighted by molar-refractivity contribution is 0.100. The molecule has 98 valence electrons. The maximum absolute atomic E-state index is 11.2. The molecule has 3 N–H and O–H groups in total. The summed E-state index contributed by atoms with van der Waals surface area (Å²) in [5.74, 6) is 0.307. The summed E-state index contributed by atoms with van der Waals surface area (Å²) >= 11 is 0. The van der Waals surface area contributed by atoms with Gasteiger partial charge in [-0.25, -0.2) is 0 Å². The fourth-order valence-corrected chi connectivity index (χ4v) is 2.01. The van der Waals surface area contributed by atoms with Gasteiger partial charge in [0.1, 0.15) is 5.75 Å². The van der Waals surface area contributed by atoms with Gasteiger partial charge in [-0.05, 0) is 43.4 Å². The summed E-state index contributed by atoms with van der Waals surface area (Å²) in [6.07, 6.45) is 2.47. The maximum atomic E-state index is 11.2. The second kappa shape index (κ2) is 4.52. The van der Waals surface area contributed by atoms with Crippen LogP contribution in [0.5, 0.6) is 5.75 Å². The second-order valence-corrected chi connectivity index (χ2v) is 5.30. The summed E-state index contributed by atoms with van der Waals surface area (Å²) in [5.41, 5.74) is 6.97. The zero-order valence-corrected chi connectivity index (χ0v) is 11.1. The topological polar surface area (TPSA) is 64.3 Å². The average molecular weight is 248 g/mol. The van der Waals surface area contributed by atoms with Gasteiger partial charge in [-0.1, -0.05) is 6.92 Å². The molecule has 0 saturated heterocycles. The molecule has 1 saturated carbocycles. The monoisotopic (exact) mass is 248 g/mol. The van der Waals surface area contributed by atoms with Crippen molar-refractivity contribution in [2.24, 2.45) is 11.1 Å². The van der Waals surface area contributed by atoms with Gasteiger partial charge in [0.15, 0.2) is 0 Å². The predicted molar refractivity (Wildman–Crippen MR) is 71.9 cm³/mol. The SMILES string of the molecule is COc1ccc(C(N)=O)cc1NC(C)C1(C)CC1. The van der Waals surface area contributed by atoms with Gasteiger partial charge >= 0.3 is 0 Å². The minimum Gasteiger partial charge on any atom is -0.495 e. The van der Waals surface area contributed by atoms with E-state index in [0.717, 1.165) is 11.4 Å². The molecule has 0 heterocycles. The van der Waals surface area contributed by atoms with Crippen LogP contribution >= 0.6 is 0 Å². The minimum absolute atomic E-state index is 0.342. The molecule has 4 nitrogen and oxygen atoms in total. The van der Waals surface area contributed by atoms with Crippen LogP contribution in [0.25, 0.3) is 0 Å². The molecule has 0 spiro atoms. The number of rotatable bonds is 5. The Bertz CT molecular complexity index is 467. The largest absolute Gasteiger partial charge is 0.495 e. The number of nitrogens with two attached hydrogens (primary N) is 1. The zero-order valence-electron chi connectivity index (χ0n) is 11.1. The first kappa shape index (κ1) is 12.7. The third kappa shape index (κ3) is 2.42. The van der Waals surface area contributed by atoms with Crippen LogP contribution < -0.4 is 15.8 Å². The number of benzene rings is 1. The van der Waals surface area contributed by atoms with E-state index in [2.05, 4.69) is 19.2 Å². The van der Waals surface area contributed by atoms with E-state index < -0.39 is 5.91 Å². The van der Waals surface area contributed by atoms with Gasteiger partial charge in [-0.3, -0.25) is 4.79 Å². The molecule has 0 aromatic heterocycles. The lowest BCUT2D eigenvalue weighted by Gasteiger charge is -2.23. The number of hydrogen-bond acceptors (Lipinski definition) is 3.